The monoisotopic (exact) mass is 183 g/mol. The lowest BCUT2D eigenvalue weighted by Crippen LogP contribution is -1.91. The summed E-state index contributed by atoms with van der Waals surface area (Å²) in [6, 6.07) is 1.88. The molecule has 0 fully saturated rings. The molecule has 1 aromatic carbocycles. The van der Waals surface area contributed by atoms with Gasteiger partial charge in [-0.3, -0.25) is 10.1 Å². The molecule has 0 spiro atoms. The maximum Gasteiger partial charge on any atom is 0.307 e. The van der Waals surface area contributed by atoms with Crippen molar-refractivity contribution in [3.63, 3.8) is 0 Å². The van der Waals surface area contributed by atoms with E-state index in [9.17, 15) is 14.5 Å². The molecule has 0 N–H and O–H groups in total. The number of aromatic nitrogens is 2. The lowest BCUT2D eigenvalue weighted by Gasteiger charge is -1.90. The number of fused-ring (bicyclic) bond motifs is 1. The van der Waals surface area contributed by atoms with E-state index in [4.69, 9.17) is 0 Å². The predicted molar refractivity (Wildman–Crippen MR) is 38.4 cm³/mol. The number of rotatable bonds is 1. The molecule has 2 aromatic rings. The van der Waals surface area contributed by atoms with Crippen molar-refractivity contribution in [3.05, 3.63) is 28.1 Å². The summed E-state index contributed by atoms with van der Waals surface area (Å²) in [5.41, 5.74) is -0.320. The molecular weight excluding hydrogens is 181 g/mol. The van der Waals surface area contributed by atoms with Gasteiger partial charge in [0.25, 0.3) is 0 Å². The smallest absolute Gasteiger partial charge is 0.258 e. The molecule has 6 nitrogen and oxygen atoms in total. The molecule has 0 amide bonds. The number of hydrogen-bond acceptors (Lipinski definition) is 5. The first kappa shape index (κ1) is 7.59. The fourth-order valence-corrected chi connectivity index (χ4v) is 0.935. The van der Waals surface area contributed by atoms with Crippen LogP contribution in [0.3, 0.4) is 0 Å². The van der Waals surface area contributed by atoms with Crippen molar-refractivity contribution in [2.24, 2.45) is 0 Å². The van der Waals surface area contributed by atoms with Crippen LogP contribution < -0.4 is 0 Å². The lowest BCUT2D eigenvalue weighted by atomic mass is 10.2. The molecular formula is C6H2FN3O3. The fraction of sp³-hybridized carbons (Fsp3) is 0. The summed E-state index contributed by atoms with van der Waals surface area (Å²) < 4.78 is 17.2. The molecule has 2 rings (SSSR count). The number of hydrogen-bond donors (Lipinski definition) is 0. The fourth-order valence-electron chi connectivity index (χ4n) is 0.935. The van der Waals surface area contributed by atoms with Gasteiger partial charge in [0.05, 0.1) is 11.0 Å². The van der Waals surface area contributed by atoms with Gasteiger partial charge in [-0.2, -0.15) is 4.39 Å². The van der Waals surface area contributed by atoms with E-state index in [-0.39, 0.29) is 11.0 Å². The Morgan fingerprint density at radius 2 is 2.00 bits per heavy atom. The quantitative estimate of drug-likeness (QED) is 0.491. The Balaban J connectivity index is 2.76. The summed E-state index contributed by atoms with van der Waals surface area (Å²) in [5.74, 6) is -0.951. The third-order valence-electron chi connectivity index (χ3n) is 1.52. The third kappa shape index (κ3) is 1.10. The standard InChI is InChI=1S/C6H2FN3O3/c7-3-1-4-5(9-13-8-4)2-6(3)10(11)12/h1-2H. The summed E-state index contributed by atoms with van der Waals surface area (Å²) in [6.07, 6.45) is 0. The van der Waals surface area contributed by atoms with Gasteiger partial charge in [0.15, 0.2) is 0 Å². The van der Waals surface area contributed by atoms with Crippen LogP contribution in [0, 0.1) is 15.9 Å². The highest BCUT2D eigenvalue weighted by molar-refractivity contribution is 5.76. The van der Waals surface area contributed by atoms with Crippen LogP contribution in [0.4, 0.5) is 10.1 Å². The summed E-state index contributed by atoms with van der Waals surface area (Å²) >= 11 is 0. The van der Waals surface area contributed by atoms with Gasteiger partial charge in [0.1, 0.15) is 11.0 Å². The number of nitro benzene ring substituents is 1. The van der Waals surface area contributed by atoms with E-state index in [2.05, 4.69) is 14.9 Å². The van der Waals surface area contributed by atoms with E-state index in [1.54, 1.807) is 0 Å². The Bertz CT molecular complexity index is 481. The zero-order chi connectivity index (χ0) is 9.42. The maximum absolute atomic E-state index is 12.9. The van der Waals surface area contributed by atoms with Crippen molar-refractivity contribution in [2.75, 3.05) is 0 Å². The molecule has 1 heterocycles. The molecule has 0 unspecified atom stereocenters. The molecule has 0 radical (unpaired) electrons. The zero-order valence-corrected chi connectivity index (χ0v) is 6.10. The van der Waals surface area contributed by atoms with E-state index in [0.29, 0.717) is 0 Å². The Labute approximate surface area is 70.1 Å². The Morgan fingerprint density at radius 3 is 2.62 bits per heavy atom. The second-order valence-electron chi connectivity index (χ2n) is 2.31. The van der Waals surface area contributed by atoms with Crippen LogP contribution in [-0.4, -0.2) is 15.2 Å². The number of nitrogens with zero attached hydrogens (tertiary/aromatic N) is 3. The number of benzene rings is 1. The van der Waals surface area contributed by atoms with Gasteiger partial charge < -0.3 is 0 Å². The summed E-state index contributed by atoms with van der Waals surface area (Å²) in [4.78, 5) is 9.44. The molecule has 0 saturated carbocycles. The van der Waals surface area contributed by atoms with Crippen LogP contribution >= 0.6 is 0 Å². The maximum atomic E-state index is 12.9. The first-order valence-electron chi connectivity index (χ1n) is 3.24. The first-order valence-corrected chi connectivity index (χ1v) is 3.24. The Morgan fingerprint density at radius 1 is 1.38 bits per heavy atom. The van der Waals surface area contributed by atoms with E-state index < -0.39 is 16.4 Å². The minimum absolute atomic E-state index is 0.156. The molecule has 1 aromatic heterocycles. The Hall–Kier alpha value is -2.05. The number of nitro groups is 1. The Kier molecular flexibility index (Phi) is 1.44. The summed E-state index contributed by atoms with van der Waals surface area (Å²) in [6.45, 7) is 0. The summed E-state index contributed by atoms with van der Waals surface area (Å²) in [5, 5.41) is 17.0. The van der Waals surface area contributed by atoms with Gasteiger partial charge in [-0.05, 0) is 10.3 Å². The van der Waals surface area contributed by atoms with Gasteiger partial charge in [0, 0.05) is 6.07 Å². The van der Waals surface area contributed by atoms with Crippen molar-refractivity contribution in [2.45, 2.75) is 0 Å². The predicted octanol–water partition coefficient (Wildman–Crippen LogP) is 1.27. The van der Waals surface area contributed by atoms with Crippen LogP contribution in [0.1, 0.15) is 0 Å². The van der Waals surface area contributed by atoms with Crippen molar-refractivity contribution >= 4 is 16.7 Å². The minimum atomic E-state index is -0.951. The highest BCUT2D eigenvalue weighted by Crippen LogP contribution is 2.21. The molecule has 0 aliphatic heterocycles. The van der Waals surface area contributed by atoms with E-state index in [0.717, 1.165) is 12.1 Å². The molecule has 13 heavy (non-hydrogen) atoms. The normalized spacial score (nSPS) is 10.5. The molecule has 0 saturated heterocycles. The average molecular weight is 183 g/mol. The van der Waals surface area contributed by atoms with Crippen molar-refractivity contribution in [3.8, 4) is 0 Å². The average Bonchev–Trinajstić information content (AvgIpc) is 2.48. The highest BCUT2D eigenvalue weighted by Gasteiger charge is 2.17. The zero-order valence-electron chi connectivity index (χ0n) is 6.10. The van der Waals surface area contributed by atoms with Gasteiger partial charge in [-0.25, -0.2) is 4.63 Å². The largest absolute Gasteiger partial charge is 0.307 e. The summed E-state index contributed by atoms with van der Waals surface area (Å²) in [7, 11) is 0. The van der Waals surface area contributed by atoms with Crippen LogP contribution in [0.15, 0.2) is 16.8 Å². The van der Waals surface area contributed by atoms with Gasteiger partial charge in [0.2, 0.25) is 5.82 Å². The molecule has 7 heteroatoms. The lowest BCUT2D eigenvalue weighted by molar-refractivity contribution is -0.387. The van der Waals surface area contributed by atoms with Crippen LogP contribution in [-0.2, 0) is 0 Å². The van der Waals surface area contributed by atoms with Crippen LogP contribution in [0.5, 0.6) is 0 Å². The molecule has 0 atom stereocenters. The molecule has 0 bridgehead atoms. The number of halogens is 1. The van der Waals surface area contributed by atoms with E-state index in [1.165, 1.54) is 0 Å². The second kappa shape index (κ2) is 2.47. The van der Waals surface area contributed by atoms with Crippen molar-refractivity contribution in [1.82, 2.24) is 10.3 Å². The topological polar surface area (TPSA) is 82.1 Å². The molecule has 66 valence electrons. The first-order chi connectivity index (χ1) is 6.18. The molecule has 0 aliphatic carbocycles. The second-order valence-corrected chi connectivity index (χ2v) is 2.31. The van der Waals surface area contributed by atoms with Gasteiger partial charge in [-0.15, -0.1) is 0 Å². The third-order valence-corrected chi connectivity index (χ3v) is 1.52. The van der Waals surface area contributed by atoms with E-state index >= 15 is 0 Å². The van der Waals surface area contributed by atoms with E-state index in [1.807, 2.05) is 0 Å². The molecule has 0 aliphatic rings. The van der Waals surface area contributed by atoms with Crippen molar-refractivity contribution < 1.29 is 13.9 Å². The minimum Gasteiger partial charge on any atom is -0.258 e. The van der Waals surface area contributed by atoms with Crippen LogP contribution in [0.2, 0.25) is 0 Å². The van der Waals surface area contributed by atoms with Crippen molar-refractivity contribution in [1.29, 1.82) is 0 Å². The van der Waals surface area contributed by atoms with Gasteiger partial charge >= 0.3 is 5.69 Å². The van der Waals surface area contributed by atoms with Crippen LogP contribution in [0.25, 0.3) is 11.0 Å². The highest BCUT2D eigenvalue weighted by atomic mass is 19.1. The van der Waals surface area contributed by atoms with Gasteiger partial charge in [-0.1, -0.05) is 0 Å². The SMILES string of the molecule is O=[N+]([O-])c1cc2nonc2cc1F.